The molecular weight excluding hydrogens is 255 g/mol. The average Bonchev–Trinajstić information content (AvgIpc) is 2.46. The van der Waals surface area contributed by atoms with Crippen molar-refractivity contribution in [3.05, 3.63) is 35.9 Å². The summed E-state index contributed by atoms with van der Waals surface area (Å²) in [4.78, 5) is 0. The van der Waals surface area contributed by atoms with Crippen molar-refractivity contribution in [1.29, 1.82) is 0 Å². The molecule has 0 aromatic heterocycles. The molecule has 0 aliphatic carbocycles. The van der Waals surface area contributed by atoms with Gasteiger partial charge in [0.1, 0.15) is 24.4 Å². The summed E-state index contributed by atoms with van der Waals surface area (Å²) < 4.78 is 29.2. The second-order valence-corrected chi connectivity index (χ2v) is 4.68. The van der Waals surface area contributed by atoms with Crippen LogP contribution in [0.3, 0.4) is 0 Å². The standard InChI is InChI=1S/C13H15FO5/c14-12-10(16)9(15)11-8(18-12)6-17-13(19-11)7-4-2-1-3-5-7/h1-5,8-13,15-16H,6H2/t8-,9-,10-,11-,12+,13-/m1/s1. The van der Waals surface area contributed by atoms with Crippen LogP contribution in [0.1, 0.15) is 11.9 Å². The Hall–Kier alpha value is -1.05. The molecule has 0 bridgehead atoms. The molecule has 19 heavy (non-hydrogen) atoms. The summed E-state index contributed by atoms with van der Waals surface area (Å²) in [6.07, 6.45) is -7.02. The van der Waals surface area contributed by atoms with E-state index in [-0.39, 0.29) is 6.61 Å². The molecule has 2 fully saturated rings. The fraction of sp³-hybridized carbons (Fsp3) is 0.538. The molecule has 104 valence electrons. The lowest BCUT2D eigenvalue weighted by Gasteiger charge is -2.44. The highest BCUT2D eigenvalue weighted by molar-refractivity contribution is 5.16. The highest BCUT2D eigenvalue weighted by Crippen LogP contribution is 2.34. The molecule has 3 rings (SSSR count). The maximum atomic E-state index is 13.3. The van der Waals surface area contributed by atoms with E-state index in [4.69, 9.17) is 14.2 Å². The third kappa shape index (κ3) is 2.37. The normalized spacial score (nSPS) is 42.7. The summed E-state index contributed by atoms with van der Waals surface area (Å²) in [5.41, 5.74) is 0.796. The van der Waals surface area contributed by atoms with E-state index in [1.54, 1.807) is 0 Å². The van der Waals surface area contributed by atoms with E-state index >= 15 is 0 Å². The molecule has 2 heterocycles. The van der Waals surface area contributed by atoms with Crippen LogP contribution in [0.15, 0.2) is 30.3 Å². The van der Waals surface area contributed by atoms with E-state index in [1.165, 1.54) is 0 Å². The molecule has 0 radical (unpaired) electrons. The summed E-state index contributed by atoms with van der Waals surface area (Å²) in [5, 5.41) is 19.3. The van der Waals surface area contributed by atoms with Gasteiger partial charge in [0.05, 0.1) is 6.61 Å². The summed E-state index contributed by atoms with van der Waals surface area (Å²) in [7, 11) is 0. The Balaban J connectivity index is 1.75. The lowest BCUT2D eigenvalue weighted by Crippen LogP contribution is -2.60. The van der Waals surface area contributed by atoms with Crippen molar-refractivity contribution in [2.24, 2.45) is 0 Å². The molecule has 1 aromatic carbocycles. The zero-order chi connectivity index (χ0) is 13.4. The van der Waals surface area contributed by atoms with Crippen molar-refractivity contribution >= 4 is 0 Å². The van der Waals surface area contributed by atoms with Gasteiger partial charge in [0.2, 0.25) is 6.36 Å². The predicted molar refractivity (Wildman–Crippen MR) is 61.8 cm³/mol. The molecule has 0 saturated carbocycles. The number of alkyl halides is 1. The number of benzene rings is 1. The zero-order valence-corrected chi connectivity index (χ0v) is 10.1. The minimum absolute atomic E-state index is 0.106. The smallest absolute Gasteiger partial charge is 0.228 e. The molecule has 1 aromatic rings. The lowest BCUT2D eigenvalue weighted by atomic mass is 9.98. The predicted octanol–water partition coefficient (Wildman–Crippen LogP) is 0.517. The highest BCUT2D eigenvalue weighted by Gasteiger charge is 2.48. The number of aliphatic hydroxyl groups excluding tert-OH is 2. The molecule has 2 aliphatic heterocycles. The van der Waals surface area contributed by atoms with Crippen LogP contribution >= 0.6 is 0 Å². The van der Waals surface area contributed by atoms with Gasteiger partial charge < -0.3 is 24.4 Å². The van der Waals surface area contributed by atoms with Gasteiger partial charge >= 0.3 is 0 Å². The molecule has 5 nitrogen and oxygen atoms in total. The minimum Gasteiger partial charge on any atom is -0.387 e. The Morgan fingerprint density at radius 3 is 2.53 bits per heavy atom. The summed E-state index contributed by atoms with van der Waals surface area (Å²) in [6, 6.07) is 9.21. The zero-order valence-electron chi connectivity index (χ0n) is 10.1. The van der Waals surface area contributed by atoms with Crippen molar-refractivity contribution in [2.75, 3.05) is 6.61 Å². The summed E-state index contributed by atoms with van der Waals surface area (Å²) >= 11 is 0. The number of halogens is 1. The van der Waals surface area contributed by atoms with Gasteiger partial charge in [-0.1, -0.05) is 30.3 Å². The molecule has 0 amide bonds. The number of fused-ring (bicyclic) bond motifs is 1. The molecule has 6 atom stereocenters. The lowest BCUT2D eigenvalue weighted by molar-refractivity contribution is -0.343. The van der Waals surface area contributed by atoms with Crippen LogP contribution in [-0.4, -0.2) is 47.6 Å². The summed E-state index contributed by atoms with van der Waals surface area (Å²) in [6.45, 7) is 0.106. The molecule has 0 spiro atoms. The van der Waals surface area contributed by atoms with Gasteiger partial charge in [0, 0.05) is 5.56 Å². The number of rotatable bonds is 1. The van der Waals surface area contributed by atoms with Gasteiger partial charge in [-0.05, 0) is 0 Å². The third-order valence-corrected chi connectivity index (χ3v) is 3.39. The first-order valence-electron chi connectivity index (χ1n) is 6.14. The third-order valence-electron chi connectivity index (χ3n) is 3.39. The van der Waals surface area contributed by atoms with Crippen molar-refractivity contribution in [1.82, 2.24) is 0 Å². The van der Waals surface area contributed by atoms with Crippen LogP contribution < -0.4 is 0 Å². The SMILES string of the molecule is O[C@@H]1[C@@H](O)[C@@H](F)O[C@@H]2CO[C@@H](c3ccccc3)O[C@@H]12. The first-order valence-corrected chi connectivity index (χ1v) is 6.14. The van der Waals surface area contributed by atoms with Gasteiger partial charge in [0.25, 0.3) is 0 Å². The van der Waals surface area contributed by atoms with Crippen LogP contribution in [0.25, 0.3) is 0 Å². The number of ether oxygens (including phenoxy) is 3. The topological polar surface area (TPSA) is 68.2 Å². The van der Waals surface area contributed by atoms with Crippen LogP contribution in [0.2, 0.25) is 0 Å². The fourth-order valence-electron chi connectivity index (χ4n) is 2.35. The number of hydrogen-bond donors (Lipinski definition) is 2. The molecular formula is C13H15FO5. The highest BCUT2D eigenvalue weighted by atomic mass is 19.1. The first-order chi connectivity index (χ1) is 9.16. The molecule has 2 N–H and O–H groups in total. The van der Waals surface area contributed by atoms with E-state index in [1.807, 2.05) is 30.3 Å². The largest absolute Gasteiger partial charge is 0.387 e. The van der Waals surface area contributed by atoms with Crippen LogP contribution in [-0.2, 0) is 14.2 Å². The maximum absolute atomic E-state index is 13.3. The van der Waals surface area contributed by atoms with Crippen molar-refractivity contribution in [2.45, 2.75) is 37.1 Å². The molecule has 2 saturated heterocycles. The summed E-state index contributed by atoms with van der Waals surface area (Å²) in [5.74, 6) is 0. The number of aliphatic hydroxyl groups is 2. The maximum Gasteiger partial charge on any atom is 0.228 e. The van der Waals surface area contributed by atoms with Gasteiger partial charge in [-0.25, -0.2) is 4.39 Å². The van der Waals surface area contributed by atoms with Gasteiger partial charge in [-0.2, -0.15) is 0 Å². The van der Waals surface area contributed by atoms with Crippen LogP contribution in [0.4, 0.5) is 4.39 Å². The Bertz CT molecular complexity index is 426. The molecule has 0 unspecified atom stereocenters. The molecule has 2 aliphatic rings. The fourth-order valence-corrected chi connectivity index (χ4v) is 2.35. The van der Waals surface area contributed by atoms with Gasteiger partial charge in [-0.3, -0.25) is 0 Å². The minimum atomic E-state index is -1.92. The second kappa shape index (κ2) is 5.15. The van der Waals surface area contributed by atoms with Gasteiger partial charge in [-0.15, -0.1) is 0 Å². The molecule has 6 heteroatoms. The van der Waals surface area contributed by atoms with E-state index in [9.17, 15) is 14.6 Å². The Labute approximate surface area is 109 Å². The van der Waals surface area contributed by atoms with Crippen molar-refractivity contribution < 1.29 is 28.8 Å². The van der Waals surface area contributed by atoms with E-state index < -0.39 is 37.1 Å². The number of hydrogen-bond acceptors (Lipinski definition) is 5. The second-order valence-electron chi connectivity index (χ2n) is 4.68. The quantitative estimate of drug-likeness (QED) is 0.778. The van der Waals surface area contributed by atoms with Crippen LogP contribution in [0.5, 0.6) is 0 Å². The monoisotopic (exact) mass is 270 g/mol. The van der Waals surface area contributed by atoms with Crippen molar-refractivity contribution in [3.8, 4) is 0 Å². The van der Waals surface area contributed by atoms with E-state index in [0.29, 0.717) is 0 Å². The Kier molecular flexibility index (Phi) is 3.51. The van der Waals surface area contributed by atoms with Crippen LogP contribution in [0, 0.1) is 0 Å². The van der Waals surface area contributed by atoms with E-state index in [0.717, 1.165) is 5.56 Å². The first kappa shape index (κ1) is 13.0. The van der Waals surface area contributed by atoms with Gasteiger partial charge in [0.15, 0.2) is 6.29 Å². The Morgan fingerprint density at radius 1 is 1.05 bits per heavy atom. The Morgan fingerprint density at radius 2 is 1.79 bits per heavy atom. The average molecular weight is 270 g/mol. The van der Waals surface area contributed by atoms with E-state index in [2.05, 4.69) is 0 Å². The van der Waals surface area contributed by atoms with Crippen molar-refractivity contribution in [3.63, 3.8) is 0 Å².